The Hall–Kier alpha value is -6.21. The van der Waals surface area contributed by atoms with Gasteiger partial charge in [-0.1, -0.05) is 121 Å². The molecule has 2 atom stereocenters. The van der Waals surface area contributed by atoms with Gasteiger partial charge in [-0.3, -0.25) is 5.32 Å². The van der Waals surface area contributed by atoms with Gasteiger partial charge in [-0.25, -0.2) is 4.99 Å². The predicted octanol–water partition coefficient (Wildman–Crippen LogP) is 11.9. The number of nitrogens with zero attached hydrogens (tertiary/aromatic N) is 1. The summed E-state index contributed by atoms with van der Waals surface area (Å²) in [6.45, 7) is 0. The Kier molecular flexibility index (Phi) is 6.26. The molecule has 11 rings (SSSR count). The van der Waals surface area contributed by atoms with E-state index in [0.717, 1.165) is 77.5 Å². The van der Waals surface area contributed by atoms with Gasteiger partial charge in [0.05, 0.1) is 0 Å². The maximum atomic E-state index is 6.78. The third-order valence-corrected chi connectivity index (χ3v) is 11.3. The maximum Gasteiger partial charge on any atom is 0.143 e. The lowest BCUT2D eigenvalue weighted by atomic mass is 10.0. The second kappa shape index (κ2) is 11.2. The molecule has 0 saturated heterocycles. The van der Waals surface area contributed by atoms with Crippen molar-refractivity contribution in [1.29, 1.82) is 0 Å². The van der Waals surface area contributed by atoms with Crippen molar-refractivity contribution in [3.63, 3.8) is 0 Å². The highest BCUT2D eigenvalue weighted by Crippen LogP contribution is 2.41. The summed E-state index contributed by atoms with van der Waals surface area (Å²) in [5, 5.41) is 14.5. The van der Waals surface area contributed by atoms with Crippen molar-refractivity contribution in [2.75, 3.05) is 0 Å². The highest BCUT2D eigenvalue weighted by Gasteiger charge is 2.28. The summed E-state index contributed by atoms with van der Waals surface area (Å²) in [6, 6.07) is 53.1. The fourth-order valence-corrected chi connectivity index (χ4v) is 8.89. The summed E-state index contributed by atoms with van der Waals surface area (Å²) in [4.78, 5) is 5.26. The molecule has 0 radical (unpaired) electrons. The molecule has 4 heterocycles. The standard InChI is InChI=1S/C45H29N3O2S/c1-2-10-26(11-3-1)43-46-44(28-21-23-33-32-13-5-7-19-39(32)51-40(33)25-28)48-45(47-43)36-17-9-16-35-31-22-20-27(24-38(31)50-42(35)36)29-14-8-15-34-30-12-4-6-18-37(30)49-41(29)34/h1-25,44-45,48H,(H,46,47). The normalized spacial score (nSPS) is 16.4. The topological polar surface area (TPSA) is 62.7 Å². The minimum atomic E-state index is -0.349. The van der Waals surface area contributed by atoms with E-state index in [9.17, 15) is 0 Å². The molecule has 2 N–H and O–H groups in total. The highest BCUT2D eigenvalue weighted by molar-refractivity contribution is 7.25. The monoisotopic (exact) mass is 675 g/mol. The second-order valence-corrected chi connectivity index (χ2v) is 14.2. The van der Waals surface area contributed by atoms with Gasteiger partial charge in [0, 0.05) is 58.4 Å². The lowest BCUT2D eigenvalue weighted by Crippen LogP contribution is -2.45. The Labute approximate surface area is 296 Å². The largest absolute Gasteiger partial charge is 0.456 e. The average molecular weight is 676 g/mol. The van der Waals surface area contributed by atoms with Gasteiger partial charge in [-0.05, 0) is 41.5 Å². The number of para-hydroxylation sites is 3. The molecule has 0 spiro atoms. The third-order valence-electron chi connectivity index (χ3n) is 10.2. The Balaban J connectivity index is 1.03. The number of hydrogen-bond acceptors (Lipinski definition) is 6. The van der Waals surface area contributed by atoms with Gasteiger partial charge in [0.1, 0.15) is 40.5 Å². The molecular weight excluding hydrogens is 647 g/mol. The van der Waals surface area contributed by atoms with Crippen LogP contribution in [0.2, 0.25) is 0 Å². The van der Waals surface area contributed by atoms with Crippen LogP contribution in [0.5, 0.6) is 0 Å². The maximum absolute atomic E-state index is 6.78. The van der Waals surface area contributed by atoms with Crippen molar-refractivity contribution >= 4 is 81.2 Å². The van der Waals surface area contributed by atoms with E-state index in [1.807, 2.05) is 29.5 Å². The number of fused-ring (bicyclic) bond motifs is 9. The van der Waals surface area contributed by atoms with Crippen LogP contribution >= 0.6 is 11.3 Å². The van der Waals surface area contributed by atoms with Crippen LogP contribution in [0.1, 0.15) is 29.0 Å². The van der Waals surface area contributed by atoms with Gasteiger partial charge in [0.25, 0.3) is 0 Å². The SMILES string of the molecule is c1ccc(C2=NC(c3cccc4c3oc3cc(-c5cccc6c5oc5ccccc56)ccc34)NC(c3ccc4c(c3)sc3ccccc34)N2)cc1. The lowest BCUT2D eigenvalue weighted by Gasteiger charge is -2.32. The lowest BCUT2D eigenvalue weighted by molar-refractivity contribution is 0.408. The van der Waals surface area contributed by atoms with Crippen molar-refractivity contribution in [2.45, 2.75) is 12.3 Å². The van der Waals surface area contributed by atoms with Gasteiger partial charge in [-0.15, -0.1) is 11.3 Å². The molecule has 6 heteroatoms. The average Bonchev–Trinajstić information content (AvgIpc) is 3.88. The molecule has 242 valence electrons. The Morgan fingerprint density at radius 3 is 2.14 bits per heavy atom. The smallest absolute Gasteiger partial charge is 0.143 e. The zero-order chi connectivity index (χ0) is 33.5. The number of amidine groups is 1. The summed E-state index contributed by atoms with van der Waals surface area (Å²) >= 11 is 1.83. The Morgan fingerprint density at radius 1 is 0.510 bits per heavy atom. The summed E-state index contributed by atoms with van der Waals surface area (Å²) < 4.78 is 15.7. The van der Waals surface area contributed by atoms with Crippen molar-refractivity contribution in [3.8, 4) is 11.1 Å². The molecule has 1 aliphatic heterocycles. The van der Waals surface area contributed by atoms with E-state index < -0.39 is 0 Å². The second-order valence-electron chi connectivity index (χ2n) is 13.2. The minimum absolute atomic E-state index is 0.173. The first-order chi connectivity index (χ1) is 25.2. The molecule has 51 heavy (non-hydrogen) atoms. The molecule has 7 aromatic carbocycles. The molecule has 0 amide bonds. The molecule has 2 unspecified atom stereocenters. The minimum Gasteiger partial charge on any atom is -0.456 e. The molecular formula is C45H29N3O2S. The molecule has 5 nitrogen and oxygen atoms in total. The van der Waals surface area contributed by atoms with E-state index in [0.29, 0.717) is 0 Å². The molecule has 1 aliphatic rings. The molecule has 0 aliphatic carbocycles. The van der Waals surface area contributed by atoms with Crippen LogP contribution in [0.3, 0.4) is 0 Å². The quantitative estimate of drug-likeness (QED) is 0.195. The Morgan fingerprint density at radius 2 is 1.22 bits per heavy atom. The van der Waals surface area contributed by atoms with Crippen molar-refractivity contribution in [3.05, 3.63) is 168 Å². The molecule has 10 aromatic rings. The van der Waals surface area contributed by atoms with Gasteiger partial charge in [0.15, 0.2) is 0 Å². The van der Waals surface area contributed by atoms with E-state index in [1.54, 1.807) is 0 Å². The van der Waals surface area contributed by atoms with Crippen LogP contribution in [0, 0.1) is 0 Å². The van der Waals surface area contributed by atoms with Crippen LogP contribution in [0.25, 0.3) is 75.2 Å². The summed E-state index contributed by atoms with van der Waals surface area (Å²) in [7, 11) is 0. The van der Waals surface area contributed by atoms with Crippen molar-refractivity contribution in [1.82, 2.24) is 10.6 Å². The molecule has 0 saturated carbocycles. The first-order valence-corrected chi connectivity index (χ1v) is 18.0. The van der Waals surface area contributed by atoms with E-state index >= 15 is 0 Å². The van der Waals surface area contributed by atoms with Crippen LogP contribution in [0.15, 0.2) is 165 Å². The number of thiophene rings is 1. The summed E-state index contributed by atoms with van der Waals surface area (Å²) in [6.07, 6.45) is -0.523. The van der Waals surface area contributed by atoms with Gasteiger partial charge in [0.2, 0.25) is 0 Å². The van der Waals surface area contributed by atoms with Gasteiger partial charge in [-0.2, -0.15) is 0 Å². The van der Waals surface area contributed by atoms with E-state index in [2.05, 4.69) is 144 Å². The molecule has 0 bridgehead atoms. The van der Waals surface area contributed by atoms with Crippen LogP contribution < -0.4 is 10.6 Å². The summed E-state index contributed by atoms with van der Waals surface area (Å²) in [5.41, 5.74) is 8.72. The number of aliphatic imine (C=N–C) groups is 1. The zero-order valence-electron chi connectivity index (χ0n) is 27.3. The number of furan rings is 2. The summed E-state index contributed by atoms with van der Waals surface area (Å²) in [5.74, 6) is 0.843. The van der Waals surface area contributed by atoms with Crippen LogP contribution in [0.4, 0.5) is 0 Å². The number of nitrogens with one attached hydrogen (secondary N) is 2. The Bertz CT molecular complexity index is 3010. The fourth-order valence-electron chi connectivity index (χ4n) is 7.73. The highest BCUT2D eigenvalue weighted by atomic mass is 32.1. The molecule has 3 aromatic heterocycles. The fraction of sp³-hybridized carbons (Fsp3) is 0.0444. The van der Waals surface area contributed by atoms with E-state index in [4.69, 9.17) is 13.8 Å². The number of rotatable bonds is 4. The van der Waals surface area contributed by atoms with Gasteiger partial charge >= 0.3 is 0 Å². The van der Waals surface area contributed by atoms with Crippen LogP contribution in [-0.4, -0.2) is 5.84 Å². The van der Waals surface area contributed by atoms with Crippen LogP contribution in [-0.2, 0) is 0 Å². The predicted molar refractivity (Wildman–Crippen MR) is 210 cm³/mol. The number of hydrogen-bond donors (Lipinski definition) is 2. The third kappa shape index (κ3) is 4.54. The van der Waals surface area contributed by atoms with Crippen molar-refractivity contribution < 1.29 is 8.83 Å². The van der Waals surface area contributed by atoms with E-state index in [-0.39, 0.29) is 12.3 Å². The number of benzene rings is 7. The molecule has 0 fully saturated rings. The first kappa shape index (κ1) is 28.6. The first-order valence-electron chi connectivity index (χ1n) is 17.2. The zero-order valence-corrected chi connectivity index (χ0v) is 28.1. The van der Waals surface area contributed by atoms with Gasteiger partial charge < -0.3 is 14.2 Å². The van der Waals surface area contributed by atoms with E-state index in [1.165, 1.54) is 20.2 Å². The van der Waals surface area contributed by atoms with Crippen molar-refractivity contribution in [2.24, 2.45) is 4.99 Å².